The monoisotopic (exact) mass is 312 g/mol. The normalized spacial score (nSPS) is 11.9. The number of nitrogens with zero attached hydrogens (tertiary/aromatic N) is 4. The summed E-state index contributed by atoms with van der Waals surface area (Å²) in [6, 6.07) is 8.21. The van der Waals surface area contributed by atoms with Crippen LogP contribution < -0.4 is 0 Å². The van der Waals surface area contributed by atoms with Crippen LogP contribution in [0.5, 0.6) is 0 Å². The summed E-state index contributed by atoms with van der Waals surface area (Å²) >= 11 is 0. The highest BCUT2D eigenvalue weighted by Gasteiger charge is 2.20. The van der Waals surface area contributed by atoms with Crippen LogP contribution in [0.2, 0.25) is 0 Å². The molecule has 0 fully saturated rings. The molecular formula is C18H24N4O. The first-order chi connectivity index (χ1) is 11.1. The molecule has 0 bridgehead atoms. The van der Waals surface area contributed by atoms with Crippen LogP contribution in [-0.4, -0.2) is 44.3 Å². The number of carbonyl (C=O) groups is 1. The Morgan fingerprint density at radius 2 is 1.83 bits per heavy atom. The minimum atomic E-state index is 0.0571. The van der Waals surface area contributed by atoms with Crippen molar-refractivity contribution in [3.05, 3.63) is 35.7 Å². The minimum Gasteiger partial charge on any atom is -0.308 e. The van der Waals surface area contributed by atoms with Gasteiger partial charge >= 0.3 is 0 Å². The summed E-state index contributed by atoms with van der Waals surface area (Å²) in [6.07, 6.45) is 0. The molecule has 0 aliphatic carbocycles. The Bertz CT molecular complexity index is 855. The predicted octanol–water partition coefficient (Wildman–Crippen LogP) is 3.14. The Balaban J connectivity index is 2.19. The average Bonchev–Trinajstić information content (AvgIpc) is 3.02. The number of aromatic nitrogens is 3. The van der Waals surface area contributed by atoms with Crippen molar-refractivity contribution in [1.29, 1.82) is 0 Å². The number of imidazole rings is 2. The standard InChI is InChI=1S/C18H24N4O/c1-5-20(6-2)11-12-21-15-9-7-8-10-16(15)22-17(14(4)23)13(3)19-18(21)22/h7-10H,5-6,11-12H2,1-4H3. The topological polar surface area (TPSA) is 42.5 Å². The molecule has 0 saturated carbocycles. The van der Waals surface area contributed by atoms with E-state index in [2.05, 4.69) is 40.4 Å². The Morgan fingerprint density at radius 1 is 1.17 bits per heavy atom. The third-order valence-corrected chi connectivity index (χ3v) is 4.56. The number of fused-ring (bicyclic) bond motifs is 3. The molecule has 0 aliphatic heterocycles. The molecule has 0 N–H and O–H groups in total. The summed E-state index contributed by atoms with van der Waals surface area (Å²) in [5, 5.41) is 0. The van der Waals surface area contributed by atoms with Crippen molar-refractivity contribution in [2.75, 3.05) is 19.6 Å². The van der Waals surface area contributed by atoms with E-state index in [9.17, 15) is 4.79 Å². The first kappa shape index (κ1) is 15.7. The minimum absolute atomic E-state index is 0.0571. The zero-order chi connectivity index (χ0) is 16.6. The molecule has 0 atom stereocenters. The third-order valence-electron chi connectivity index (χ3n) is 4.56. The van der Waals surface area contributed by atoms with E-state index in [1.807, 2.05) is 23.5 Å². The van der Waals surface area contributed by atoms with Gasteiger partial charge in [-0.1, -0.05) is 26.0 Å². The molecular weight excluding hydrogens is 288 g/mol. The van der Waals surface area contributed by atoms with Gasteiger partial charge in [0.2, 0.25) is 5.78 Å². The predicted molar refractivity (Wildman–Crippen MR) is 93.2 cm³/mol. The second-order valence-corrected chi connectivity index (χ2v) is 5.90. The third kappa shape index (κ3) is 2.55. The number of hydrogen-bond donors (Lipinski definition) is 0. The maximum atomic E-state index is 12.1. The van der Waals surface area contributed by atoms with Gasteiger partial charge in [-0.25, -0.2) is 4.98 Å². The zero-order valence-corrected chi connectivity index (χ0v) is 14.3. The van der Waals surface area contributed by atoms with Gasteiger partial charge in [0.1, 0.15) is 5.69 Å². The molecule has 5 nitrogen and oxygen atoms in total. The van der Waals surface area contributed by atoms with E-state index in [-0.39, 0.29) is 5.78 Å². The van der Waals surface area contributed by atoms with Crippen molar-refractivity contribution in [2.24, 2.45) is 0 Å². The summed E-state index contributed by atoms with van der Waals surface area (Å²) in [7, 11) is 0. The SMILES string of the molecule is CCN(CC)CCn1c2ccccc2n2c(C(C)=O)c(C)nc12. The van der Waals surface area contributed by atoms with Crippen molar-refractivity contribution < 1.29 is 4.79 Å². The van der Waals surface area contributed by atoms with E-state index in [1.54, 1.807) is 6.92 Å². The van der Waals surface area contributed by atoms with Crippen LogP contribution >= 0.6 is 0 Å². The number of carbonyl (C=O) groups excluding carboxylic acids is 1. The van der Waals surface area contributed by atoms with Gasteiger partial charge in [-0.3, -0.25) is 9.20 Å². The van der Waals surface area contributed by atoms with Gasteiger partial charge in [-0.05, 0) is 32.1 Å². The maximum absolute atomic E-state index is 12.1. The highest BCUT2D eigenvalue weighted by molar-refractivity contribution is 5.97. The molecule has 3 rings (SSSR count). The number of benzene rings is 1. The first-order valence-corrected chi connectivity index (χ1v) is 8.28. The van der Waals surface area contributed by atoms with Crippen molar-refractivity contribution in [1.82, 2.24) is 18.9 Å². The molecule has 0 radical (unpaired) electrons. The Morgan fingerprint density at radius 3 is 2.43 bits per heavy atom. The lowest BCUT2D eigenvalue weighted by Crippen LogP contribution is -2.27. The number of likely N-dealkylation sites (N-methyl/N-ethyl adjacent to an activating group) is 1. The number of aryl methyl sites for hydroxylation is 1. The Hall–Kier alpha value is -2.14. The Kier molecular flexibility index (Phi) is 4.22. The molecule has 122 valence electrons. The fourth-order valence-electron chi connectivity index (χ4n) is 3.33. The summed E-state index contributed by atoms with van der Waals surface area (Å²) in [5.41, 5.74) is 3.67. The molecule has 3 aromatic rings. The molecule has 1 aromatic carbocycles. The summed E-state index contributed by atoms with van der Waals surface area (Å²) in [6.45, 7) is 11.8. The molecule has 5 heteroatoms. The van der Waals surface area contributed by atoms with Gasteiger partial charge in [0, 0.05) is 20.0 Å². The molecule has 0 aliphatic rings. The lowest BCUT2D eigenvalue weighted by atomic mass is 10.2. The fourth-order valence-corrected chi connectivity index (χ4v) is 3.33. The Labute approximate surface area is 136 Å². The highest BCUT2D eigenvalue weighted by Crippen LogP contribution is 2.24. The largest absolute Gasteiger partial charge is 0.308 e. The van der Waals surface area contributed by atoms with Gasteiger partial charge in [-0.15, -0.1) is 0 Å². The second-order valence-electron chi connectivity index (χ2n) is 5.90. The number of Topliss-reactive ketones (excluding diaryl/α,β-unsaturated/α-hetero) is 1. The van der Waals surface area contributed by atoms with E-state index in [0.717, 1.165) is 48.7 Å². The number of rotatable bonds is 6. The van der Waals surface area contributed by atoms with Crippen molar-refractivity contribution in [3.63, 3.8) is 0 Å². The van der Waals surface area contributed by atoms with Crippen molar-refractivity contribution in [3.8, 4) is 0 Å². The van der Waals surface area contributed by atoms with Gasteiger partial charge in [0.25, 0.3) is 0 Å². The van der Waals surface area contributed by atoms with Crippen molar-refractivity contribution >= 4 is 22.6 Å². The van der Waals surface area contributed by atoms with Crippen LogP contribution in [0, 0.1) is 6.92 Å². The van der Waals surface area contributed by atoms with Gasteiger partial charge in [-0.2, -0.15) is 0 Å². The van der Waals surface area contributed by atoms with Gasteiger partial charge in [0.05, 0.1) is 16.7 Å². The number of hydrogen-bond acceptors (Lipinski definition) is 3. The molecule has 0 amide bonds. The number of para-hydroxylation sites is 2. The smallest absolute Gasteiger partial charge is 0.215 e. The van der Waals surface area contributed by atoms with Gasteiger partial charge in [0.15, 0.2) is 5.78 Å². The fraction of sp³-hybridized carbons (Fsp3) is 0.444. The van der Waals surface area contributed by atoms with Crippen LogP contribution in [0.3, 0.4) is 0 Å². The zero-order valence-electron chi connectivity index (χ0n) is 14.3. The van der Waals surface area contributed by atoms with Crippen LogP contribution in [0.4, 0.5) is 0 Å². The van der Waals surface area contributed by atoms with Gasteiger partial charge < -0.3 is 9.47 Å². The van der Waals surface area contributed by atoms with E-state index in [0.29, 0.717) is 5.69 Å². The molecule has 23 heavy (non-hydrogen) atoms. The molecule has 2 heterocycles. The lowest BCUT2D eigenvalue weighted by Gasteiger charge is -2.18. The summed E-state index contributed by atoms with van der Waals surface area (Å²) in [5.74, 6) is 0.919. The van der Waals surface area contributed by atoms with E-state index in [1.165, 1.54) is 0 Å². The molecule has 0 unspecified atom stereocenters. The summed E-state index contributed by atoms with van der Waals surface area (Å²) < 4.78 is 4.24. The first-order valence-electron chi connectivity index (χ1n) is 8.28. The van der Waals surface area contributed by atoms with E-state index >= 15 is 0 Å². The lowest BCUT2D eigenvalue weighted by molar-refractivity contribution is 0.101. The van der Waals surface area contributed by atoms with Crippen LogP contribution in [0.1, 0.15) is 37.0 Å². The molecule has 2 aromatic heterocycles. The van der Waals surface area contributed by atoms with Crippen molar-refractivity contribution in [2.45, 2.75) is 34.2 Å². The average molecular weight is 312 g/mol. The van der Waals surface area contributed by atoms with E-state index in [4.69, 9.17) is 0 Å². The number of ketones is 1. The highest BCUT2D eigenvalue weighted by atomic mass is 16.1. The maximum Gasteiger partial charge on any atom is 0.215 e. The van der Waals surface area contributed by atoms with E-state index < -0.39 is 0 Å². The molecule has 0 spiro atoms. The van der Waals surface area contributed by atoms with Crippen LogP contribution in [0.15, 0.2) is 24.3 Å². The van der Waals surface area contributed by atoms with Crippen LogP contribution in [0.25, 0.3) is 16.8 Å². The molecule has 0 saturated heterocycles. The quantitative estimate of drug-likeness (QED) is 0.657. The summed E-state index contributed by atoms with van der Waals surface area (Å²) in [4.78, 5) is 19.2. The van der Waals surface area contributed by atoms with Crippen LogP contribution in [-0.2, 0) is 6.54 Å². The second kappa shape index (κ2) is 6.16.